The molecule has 0 heterocycles. The Hall–Kier alpha value is -1.18. The number of hydrogen-bond acceptors (Lipinski definition) is 3. The van der Waals surface area contributed by atoms with E-state index in [1.165, 1.54) is 12.1 Å². The number of hydrogen-bond donors (Lipinski definition) is 1. The minimum Gasteiger partial charge on any atom is -0.352 e. The molecule has 0 radical (unpaired) electrons. The van der Waals surface area contributed by atoms with Gasteiger partial charge in [0.2, 0.25) is 0 Å². The maximum absolute atomic E-state index is 12.0. The summed E-state index contributed by atoms with van der Waals surface area (Å²) in [6.45, 7) is 4.76. The highest BCUT2D eigenvalue weighted by Crippen LogP contribution is 2.19. The first-order chi connectivity index (χ1) is 8.99. The maximum atomic E-state index is 12.0. The fourth-order valence-corrected chi connectivity index (χ4v) is 2.29. The van der Waals surface area contributed by atoms with E-state index in [0.717, 1.165) is 12.8 Å². The van der Waals surface area contributed by atoms with Crippen LogP contribution in [0.3, 0.4) is 0 Å². The predicted molar refractivity (Wildman–Crippen MR) is 82.2 cm³/mol. The molecule has 5 nitrogen and oxygen atoms in total. The number of non-ortho nitro benzene ring substituents is 1. The number of nitrogens with one attached hydrogen (secondary N) is 1. The summed E-state index contributed by atoms with van der Waals surface area (Å²) in [6.07, 6.45) is 2.01. The Bertz CT molecular complexity index is 473. The smallest absolute Gasteiger partial charge is 0.270 e. The molecule has 1 rings (SSSR count). The summed E-state index contributed by atoms with van der Waals surface area (Å²) in [7, 11) is 0. The third kappa shape index (κ3) is 4.45. The third-order valence-electron chi connectivity index (χ3n) is 3.11. The highest BCUT2D eigenvalue weighted by Gasteiger charge is 2.16. The Morgan fingerprint density at radius 3 is 2.58 bits per heavy atom. The number of benzene rings is 1. The van der Waals surface area contributed by atoms with Crippen LogP contribution >= 0.6 is 22.6 Å². The third-order valence-corrected chi connectivity index (χ3v) is 4.05. The molecule has 0 aliphatic rings. The van der Waals surface area contributed by atoms with Crippen molar-refractivity contribution in [1.29, 1.82) is 0 Å². The quantitative estimate of drug-likeness (QED) is 0.470. The zero-order valence-corrected chi connectivity index (χ0v) is 13.1. The van der Waals surface area contributed by atoms with Crippen LogP contribution in [0.1, 0.15) is 37.0 Å². The summed E-state index contributed by atoms with van der Waals surface area (Å²) in [5.41, 5.74) is 0.300. The first-order valence-corrected chi connectivity index (χ1v) is 7.29. The lowest BCUT2D eigenvalue weighted by Gasteiger charge is -2.13. The topological polar surface area (TPSA) is 72.2 Å². The van der Waals surface area contributed by atoms with Crippen molar-refractivity contribution in [3.63, 3.8) is 0 Å². The van der Waals surface area contributed by atoms with Crippen LogP contribution in [0.4, 0.5) is 5.69 Å². The van der Waals surface area contributed by atoms with Crippen molar-refractivity contribution < 1.29 is 9.72 Å². The maximum Gasteiger partial charge on any atom is 0.270 e. The Morgan fingerprint density at radius 1 is 1.42 bits per heavy atom. The number of halogens is 1. The lowest BCUT2D eigenvalue weighted by molar-refractivity contribution is -0.384. The lowest BCUT2D eigenvalue weighted by atomic mass is 10.0. The summed E-state index contributed by atoms with van der Waals surface area (Å²) in [6, 6.07) is 4.31. The summed E-state index contributed by atoms with van der Waals surface area (Å²) in [5, 5.41) is 13.6. The van der Waals surface area contributed by atoms with Crippen molar-refractivity contribution >= 4 is 34.2 Å². The summed E-state index contributed by atoms with van der Waals surface area (Å²) in [5.74, 6) is 0.195. The van der Waals surface area contributed by atoms with E-state index < -0.39 is 4.92 Å². The molecule has 0 saturated heterocycles. The van der Waals surface area contributed by atoms with Crippen LogP contribution in [0.2, 0.25) is 0 Å². The van der Waals surface area contributed by atoms with Gasteiger partial charge in [0.25, 0.3) is 11.6 Å². The fraction of sp³-hybridized carbons (Fsp3) is 0.462. The molecule has 0 spiro atoms. The SMILES string of the molecule is CCC(CC)CNC(=O)c1cc([N+](=O)[O-])ccc1I. The van der Waals surface area contributed by atoms with Crippen LogP contribution in [0.5, 0.6) is 0 Å². The van der Waals surface area contributed by atoms with Crippen molar-refractivity contribution in [2.45, 2.75) is 26.7 Å². The van der Waals surface area contributed by atoms with E-state index >= 15 is 0 Å². The molecule has 6 heteroatoms. The van der Waals surface area contributed by atoms with Gasteiger partial charge in [-0.2, -0.15) is 0 Å². The molecular formula is C13H17IN2O3. The number of amides is 1. The molecule has 0 saturated carbocycles. The molecule has 0 aliphatic carbocycles. The molecule has 0 unspecified atom stereocenters. The van der Waals surface area contributed by atoms with Gasteiger partial charge in [-0.25, -0.2) is 0 Å². The first-order valence-electron chi connectivity index (χ1n) is 6.21. The lowest BCUT2D eigenvalue weighted by Crippen LogP contribution is -2.29. The Morgan fingerprint density at radius 2 is 2.05 bits per heavy atom. The molecule has 1 aromatic rings. The van der Waals surface area contributed by atoms with Gasteiger partial charge in [-0.3, -0.25) is 14.9 Å². The standard InChI is InChI=1S/C13H17IN2O3/c1-3-9(4-2)8-15-13(17)11-7-10(16(18)19)5-6-12(11)14/h5-7,9H,3-4,8H2,1-2H3,(H,15,17). The van der Waals surface area contributed by atoms with Gasteiger partial charge in [0.15, 0.2) is 0 Å². The van der Waals surface area contributed by atoms with Crippen LogP contribution in [0.15, 0.2) is 18.2 Å². The zero-order valence-electron chi connectivity index (χ0n) is 11.0. The van der Waals surface area contributed by atoms with E-state index in [2.05, 4.69) is 19.2 Å². The van der Waals surface area contributed by atoms with Gasteiger partial charge in [0, 0.05) is 22.2 Å². The van der Waals surface area contributed by atoms with Crippen molar-refractivity contribution in [1.82, 2.24) is 5.32 Å². The number of rotatable bonds is 6. The molecule has 0 atom stereocenters. The summed E-state index contributed by atoms with van der Waals surface area (Å²) < 4.78 is 0.713. The summed E-state index contributed by atoms with van der Waals surface area (Å²) >= 11 is 2.01. The highest BCUT2D eigenvalue weighted by molar-refractivity contribution is 14.1. The van der Waals surface area contributed by atoms with Gasteiger partial charge in [0.1, 0.15) is 0 Å². The van der Waals surface area contributed by atoms with Crippen LogP contribution in [-0.2, 0) is 0 Å². The predicted octanol–water partition coefficient (Wildman–Crippen LogP) is 3.37. The van der Waals surface area contributed by atoms with Crippen molar-refractivity contribution in [3.8, 4) is 0 Å². The monoisotopic (exact) mass is 376 g/mol. The molecule has 1 amide bonds. The zero-order chi connectivity index (χ0) is 14.4. The van der Waals surface area contributed by atoms with Crippen LogP contribution in [0.25, 0.3) is 0 Å². The first kappa shape index (κ1) is 15.9. The Balaban J connectivity index is 2.81. The molecule has 1 aromatic carbocycles. The van der Waals surface area contributed by atoms with Crippen molar-refractivity contribution in [3.05, 3.63) is 37.4 Å². The van der Waals surface area contributed by atoms with Crippen LogP contribution in [0, 0.1) is 19.6 Å². The molecule has 0 aromatic heterocycles. The van der Waals surface area contributed by atoms with E-state index in [4.69, 9.17) is 0 Å². The molecule has 104 valence electrons. The van der Waals surface area contributed by atoms with Crippen LogP contribution in [-0.4, -0.2) is 17.4 Å². The van der Waals surface area contributed by atoms with Crippen LogP contribution < -0.4 is 5.32 Å². The van der Waals surface area contributed by atoms with Gasteiger partial charge in [0.05, 0.1) is 10.5 Å². The second-order valence-corrected chi connectivity index (χ2v) is 5.48. The molecule has 19 heavy (non-hydrogen) atoms. The second kappa shape index (κ2) is 7.42. The van der Waals surface area contributed by atoms with Gasteiger partial charge >= 0.3 is 0 Å². The van der Waals surface area contributed by atoms with Gasteiger partial charge in [-0.05, 0) is 34.6 Å². The molecule has 0 aliphatic heterocycles. The molecular weight excluding hydrogens is 359 g/mol. The number of nitrogens with zero attached hydrogens (tertiary/aromatic N) is 1. The molecule has 0 fully saturated rings. The van der Waals surface area contributed by atoms with E-state index in [-0.39, 0.29) is 11.6 Å². The van der Waals surface area contributed by atoms with Gasteiger partial charge in [-0.1, -0.05) is 26.7 Å². The Kier molecular flexibility index (Phi) is 6.20. The summed E-state index contributed by atoms with van der Waals surface area (Å²) in [4.78, 5) is 22.3. The van der Waals surface area contributed by atoms with Gasteiger partial charge < -0.3 is 5.32 Å². The average molecular weight is 376 g/mol. The number of carbonyl (C=O) groups is 1. The van der Waals surface area contributed by atoms with Crippen molar-refractivity contribution in [2.24, 2.45) is 5.92 Å². The Labute approximate surface area is 126 Å². The molecule has 1 N–H and O–H groups in total. The average Bonchev–Trinajstić information content (AvgIpc) is 2.39. The fourth-order valence-electron chi connectivity index (χ4n) is 1.71. The van der Waals surface area contributed by atoms with E-state index in [1.54, 1.807) is 6.07 Å². The molecule has 0 bridgehead atoms. The van der Waals surface area contributed by atoms with Crippen molar-refractivity contribution in [2.75, 3.05) is 6.54 Å². The largest absolute Gasteiger partial charge is 0.352 e. The van der Waals surface area contributed by atoms with E-state index in [1.807, 2.05) is 22.6 Å². The van der Waals surface area contributed by atoms with E-state index in [0.29, 0.717) is 21.6 Å². The number of carbonyl (C=O) groups excluding carboxylic acids is 1. The second-order valence-electron chi connectivity index (χ2n) is 4.31. The number of nitro groups is 1. The highest BCUT2D eigenvalue weighted by atomic mass is 127. The minimum absolute atomic E-state index is 0.0619. The minimum atomic E-state index is -0.492. The van der Waals surface area contributed by atoms with E-state index in [9.17, 15) is 14.9 Å². The normalized spacial score (nSPS) is 10.5. The number of nitro benzene ring substituents is 1. The van der Waals surface area contributed by atoms with Gasteiger partial charge in [-0.15, -0.1) is 0 Å².